The molecule has 0 aromatic heterocycles. The van der Waals surface area contributed by atoms with Crippen LogP contribution in [0, 0.1) is 0 Å². The van der Waals surface area contributed by atoms with Gasteiger partial charge in [0.25, 0.3) is 0 Å². The predicted molar refractivity (Wildman–Crippen MR) is 36.5 cm³/mol. The lowest BCUT2D eigenvalue weighted by Gasteiger charge is -1.78. The molecular weight excluding hydrogens is 104 g/mol. The summed E-state index contributed by atoms with van der Waals surface area (Å²) in [4.78, 5) is 0. The summed E-state index contributed by atoms with van der Waals surface area (Å²) in [5.41, 5.74) is 0. The van der Waals surface area contributed by atoms with Gasteiger partial charge in [-0.3, -0.25) is 0 Å². The molecule has 0 nitrogen and oxygen atoms in total. The Morgan fingerprint density at radius 2 is 2.14 bits per heavy atom. The van der Waals surface area contributed by atoms with Crippen molar-refractivity contribution in [3.05, 3.63) is 12.2 Å². The zero-order valence-electron chi connectivity index (χ0n) is 4.68. The van der Waals surface area contributed by atoms with Crippen molar-refractivity contribution in [2.45, 2.75) is 19.8 Å². The highest BCUT2D eigenvalue weighted by atomic mass is 32.1. The first-order chi connectivity index (χ1) is 3.41. The Kier molecular flexibility index (Phi) is 6.17. The van der Waals surface area contributed by atoms with Crippen LogP contribution in [0.25, 0.3) is 0 Å². The molecule has 0 aliphatic heterocycles. The summed E-state index contributed by atoms with van der Waals surface area (Å²) >= 11 is 4.71. The highest BCUT2D eigenvalue weighted by molar-refractivity contribution is 7.80. The molecule has 0 aliphatic carbocycles. The van der Waals surface area contributed by atoms with E-state index in [0.717, 1.165) is 18.6 Å². The molecule has 41 valence electrons. The highest BCUT2D eigenvalue weighted by Gasteiger charge is 1.69. The molecule has 0 saturated carbocycles. The van der Waals surface area contributed by atoms with Gasteiger partial charge in [0.2, 0.25) is 0 Å². The van der Waals surface area contributed by atoms with Crippen LogP contribution in [-0.4, -0.2) is 5.75 Å². The lowest BCUT2D eigenvalue weighted by molar-refractivity contribution is 1.17. The van der Waals surface area contributed by atoms with E-state index in [9.17, 15) is 0 Å². The molecule has 1 heteroatoms. The molecule has 7 heavy (non-hydrogen) atoms. The molecule has 0 fully saturated rings. The van der Waals surface area contributed by atoms with E-state index in [2.05, 4.69) is 19.1 Å². The van der Waals surface area contributed by atoms with Gasteiger partial charge in [0, 0.05) is 5.75 Å². The van der Waals surface area contributed by atoms with Gasteiger partial charge in [-0.05, 0) is 12.8 Å². The van der Waals surface area contributed by atoms with E-state index in [-0.39, 0.29) is 0 Å². The largest absolute Gasteiger partial charge is 0.0938 e. The molecule has 0 rings (SSSR count). The minimum Gasteiger partial charge on any atom is -0.0938 e. The Morgan fingerprint density at radius 1 is 1.43 bits per heavy atom. The van der Waals surface area contributed by atoms with E-state index in [0.29, 0.717) is 0 Å². The number of allylic oxidation sites excluding steroid dienone is 2. The van der Waals surface area contributed by atoms with Gasteiger partial charge in [-0.2, -0.15) is 0 Å². The van der Waals surface area contributed by atoms with Crippen LogP contribution in [0.15, 0.2) is 12.2 Å². The molecule has 0 aliphatic rings. The Labute approximate surface area is 51.0 Å². The van der Waals surface area contributed by atoms with E-state index in [1.165, 1.54) is 0 Å². The molecule has 0 amide bonds. The van der Waals surface area contributed by atoms with Gasteiger partial charge in [-0.15, -0.1) is 0 Å². The normalized spacial score (nSPS) is 10.6. The van der Waals surface area contributed by atoms with Crippen LogP contribution in [0.2, 0.25) is 0 Å². The maximum atomic E-state index is 4.71. The fourth-order valence-corrected chi connectivity index (χ4v) is 0.489. The van der Waals surface area contributed by atoms with Crippen molar-refractivity contribution < 1.29 is 0 Å². The van der Waals surface area contributed by atoms with Gasteiger partial charge in [-0.25, -0.2) is 0 Å². The topological polar surface area (TPSA) is 0 Å². The average Bonchev–Trinajstić information content (AvgIpc) is 1.69. The molecule has 0 bridgehead atoms. The first-order valence-electron chi connectivity index (χ1n) is 2.65. The van der Waals surface area contributed by atoms with E-state index in [1.54, 1.807) is 0 Å². The monoisotopic (exact) mass is 115 g/mol. The zero-order chi connectivity index (χ0) is 5.54. The van der Waals surface area contributed by atoms with Crippen molar-refractivity contribution in [1.82, 2.24) is 0 Å². The molecule has 0 heterocycles. The summed E-state index contributed by atoms with van der Waals surface area (Å²) in [7, 11) is 0. The van der Waals surface area contributed by atoms with Gasteiger partial charge >= 0.3 is 0 Å². The minimum atomic E-state index is 0.858. The SMILES string of the molecule is CC/C=C/CC[S]. The second-order valence-corrected chi connectivity index (χ2v) is 1.78. The molecule has 0 saturated heterocycles. The summed E-state index contributed by atoms with van der Waals surface area (Å²) in [6.45, 7) is 2.12. The standard InChI is InChI=1S/C6H11S/c1-2-3-4-5-6-7/h3-4H,2,5-6H2,1H3/b4-3+. The third-order valence-corrected chi connectivity index (χ3v) is 0.923. The first-order valence-corrected chi connectivity index (χ1v) is 3.22. The van der Waals surface area contributed by atoms with Crippen molar-refractivity contribution in [1.29, 1.82) is 0 Å². The van der Waals surface area contributed by atoms with Crippen LogP contribution in [0.1, 0.15) is 19.8 Å². The molecule has 0 unspecified atom stereocenters. The van der Waals surface area contributed by atoms with Gasteiger partial charge in [0.1, 0.15) is 0 Å². The smallest absolute Gasteiger partial charge is 0.00715 e. The van der Waals surface area contributed by atoms with Crippen LogP contribution in [0.3, 0.4) is 0 Å². The fourth-order valence-electron chi connectivity index (χ4n) is 0.353. The molecular formula is C6H11S. The predicted octanol–water partition coefficient (Wildman–Crippen LogP) is 2.54. The Bertz CT molecular complexity index is 48.1. The lowest BCUT2D eigenvalue weighted by Crippen LogP contribution is -1.64. The van der Waals surface area contributed by atoms with Gasteiger partial charge in [-0.1, -0.05) is 31.7 Å². The van der Waals surface area contributed by atoms with Gasteiger partial charge in [0.05, 0.1) is 0 Å². The van der Waals surface area contributed by atoms with Crippen molar-refractivity contribution in [2.75, 3.05) is 5.75 Å². The van der Waals surface area contributed by atoms with Crippen LogP contribution in [0.5, 0.6) is 0 Å². The minimum absolute atomic E-state index is 0.858. The summed E-state index contributed by atoms with van der Waals surface area (Å²) < 4.78 is 0. The van der Waals surface area contributed by atoms with Crippen molar-refractivity contribution in [3.8, 4) is 0 Å². The summed E-state index contributed by atoms with van der Waals surface area (Å²) in [6.07, 6.45) is 6.47. The molecule has 0 spiro atoms. The van der Waals surface area contributed by atoms with Crippen molar-refractivity contribution in [2.24, 2.45) is 0 Å². The quantitative estimate of drug-likeness (QED) is 0.496. The van der Waals surface area contributed by atoms with Crippen molar-refractivity contribution in [3.63, 3.8) is 0 Å². The third kappa shape index (κ3) is 6.09. The van der Waals surface area contributed by atoms with Gasteiger partial charge < -0.3 is 0 Å². The molecule has 0 aromatic rings. The third-order valence-electron chi connectivity index (χ3n) is 0.687. The molecule has 0 aromatic carbocycles. The Balaban J connectivity index is 2.78. The zero-order valence-corrected chi connectivity index (χ0v) is 5.50. The average molecular weight is 115 g/mol. The second-order valence-electron chi connectivity index (χ2n) is 1.37. The summed E-state index contributed by atoms with van der Waals surface area (Å²) in [5, 5.41) is 0. The lowest BCUT2D eigenvalue weighted by atomic mass is 10.4. The van der Waals surface area contributed by atoms with Crippen LogP contribution in [-0.2, 0) is 0 Å². The van der Waals surface area contributed by atoms with E-state index >= 15 is 0 Å². The van der Waals surface area contributed by atoms with E-state index in [4.69, 9.17) is 12.6 Å². The van der Waals surface area contributed by atoms with Crippen LogP contribution in [0.4, 0.5) is 0 Å². The molecule has 1 radical (unpaired) electrons. The number of rotatable bonds is 3. The van der Waals surface area contributed by atoms with Crippen LogP contribution < -0.4 is 0 Å². The number of hydrogen-bond acceptors (Lipinski definition) is 0. The van der Waals surface area contributed by atoms with Gasteiger partial charge in [0.15, 0.2) is 0 Å². The second kappa shape index (κ2) is 6.09. The summed E-state index contributed by atoms with van der Waals surface area (Å²) in [5.74, 6) is 0.858. The number of hydrogen-bond donors (Lipinski definition) is 0. The summed E-state index contributed by atoms with van der Waals surface area (Å²) in [6, 6.07) is 0. The van der Waals surface area contributed by atoms with Crippen molar-refractivity contribution >= 4 is 12.6 Å². The Morgan fingerprint density at radius 3 is 2.57 bits per heavy atom. The highest BCUT2D eigenvalue weighted by Crippen LogP contribution is 1.86. The Hall–Kier alpha value is 0.0900. The fraction of sp³-hybridized carbons (Fsp3) is 0.667. The van der Waals surface area contributed by atoms with E-state index in [1.807, 2.05) is 0 Å². The first kappa shape index (κ1) is 7.09. The molecule has 0 N–H and O–H groups in total. The maximum Gasteiger partial charge on any atom is 0.00715 e. The van der Waals surface area contributed by atoms with Crippen LogP contribution >= 0.6 is 12.6 Å². The molecule has 0 atom stereocenters. The van der Waals surface area contributed by atoms with E-state index < -0.39 is 0 Å². The maximum absolute atomic E-state index is 4.71.